The van der Waals surface area contributed by atoms with Crippen LogP contribution in [0.15, 0.2) is 65.6 Å². The van der Waals surface area contributed by atoms with Gasteiger partial charge in [-0.3, -0.25) is 19.3 Å². The first kappa shape index (κ1) is 27.3. The van der Waals surface area contributed by atoms with Gasteiger partial charge in [0.05, 0.1) is 24.0 Å². The van der Waals surface area contributed by atoms with Crippen molar-refractivity contribution in [3.8, 4) is 0 Å². The molecule has 0 bridgehead atoms. The molecule has 38 heavy (non-hydrogen) atoms. The third-order valence-corrected chi connectivity index (χ3v) is 7.17. The minimum absolute atomic E-state index is 0.152. The molecule has 198 valence electrons. The highest BCUT2D eigenvalue weighted by Crippen LogP contribution is 2.46. The van der Waals surface area contributed by atoms with Crippen molar-refractivity contribution in [2.75, 3.05) is 11.9 Å². The Morgan fingerprint density at radius 1 is 1.00 bits per heavy atom. The van der Waals surface area contributed by atoms with E-state index in [4.69, 9.17) is 5.73 Å². The average Bonchev–Trinajstić information content (AvgIpc) is 3.00. The number of fused-ring (bicyclic) bond motifs is 1. The SMILES string of the molecule is N[C@H](CO)C(=O)N(C(=O)Cc1cc(F)cc(F)c1)[C@@H]1C(=O)Nc2ccccc2S[C@@H]1c1cc(F)ccc1F. The number of para-hydroxylation sites is 1. The van der Waals surface area contributed by atoms with Gasteiger partial charge >= 0.3 is 0 Å². The summed E-state index contributed by atoms with van der Waals surface area (Å²) in [4.78, 5) is 41.3. The molecule has 0 saturated heterocycles. The first-order valence-electron chi connectivity index (χ1n) is 11.3. The average molecular weight is 548 g/mol. The maximum absolute atomic E-state index is 15.0. The third-order valence-electron chi connectivity index (χ3n) is 5.79. The quantitative estimate of drug-likeness (QED) is 0.409. The Bertz CT molecular complexity index is 1390. The van der Waals surface area contributed by atoms with E-state index < -0.39 is 71.4 Å². The lowest BCUT2D eigenvalue weighted by atomic mass is 9.99. The van der Waals surface area contributed by atoms with Crippen LogP contribution < -0.4 is 11.1 Å². The van der Waals surface area contributed by atoms with E-state index >= 15 is 4.39 Å². The van der Waals surface area contributed by atoms with Gasteiger partial charge < -0.3 is 16.2 Å². The van der Waals surface area contributed by atoms with Gasteiger partial charge in [0.25, 0.3) is 0 Å². The lowest BCUT2D eigenvalue weighted by Crippen LogP contribution is -2.58. The number of nitrogens with zero attached hydrogens (tertiary/aromatic N) is 1. The summed E-state index contributed by atoms with van der Waals surface area (Å²) in [7, 11) is 0. The number of hydrogen-bond acceptors (Lipinski definition) is 6. The summed E-state index contributed by atoms with van der Waals surface area (Å²) in [5.41, 5.74) is 5.56. The minimum atomic E-state index is -1.79. The maximum Gasteiger partial charge on any atom is 0.249 e. The molecule has 3 atom stereocenters. The van der Waals surface area contributed by atoms with Crippen molar-refractivity contribution < 1.29 is 37.1 Å². The van der Waals surface area contributed by atoms with E-state index in [2.05, 4.69) is 5.32 Å². The summed E-state index contributed by atoms with van der Waals surface area (Å²) < 4.78 is 56.8. The van der Waals surface area contributed by atoms with Crippen molar-refractivity contribution in [3.63, 3.8) is 0 Å². The van der Waals surface area contributed by atoms with E-state index in [0.717, 1.165) is 42.1 Å². The number of amides is 3. The van der Waals surface area contributed by atoms with Crippen molar-refractivity contribution in [2.45, 2.75) is 28.6 Å². The number of carbonyl (C=O) groups excluding carboxylic acids is 3. The molecular weight excluding hydrogens is 526 g/mol. The van der Waals surface area contributed by atoms with Crippen LogP contribution in [0.1, 0.15) is 16.4 Å². The number of thioether (sulfide) groups is 1. The van der Waals surface area contributed by atoms with Crippen molar-refractivity contribution >= 4 is 35.2 Å². The number of carbonyl (C=O) groups is 3. The topological polar surface area (TPSA) is 113 Å². The van der Waals surface area contributed by atoms with Gasteiger partial charge in [-0.05, 0) is 48.0 Å². The number of nitrogens with one attached hydrogen (secondary N) is 1. The number of halogens is 4. The molecule has 4 rings (SSSR count). The third kappa shape index (κ3) is 5.72. The summed E-state index contributed by atoms with van der Waals surface area (Å²) in [5.74, 6) is -6.90. The molecule has 0 aliphatic carbocycles. The first-order chi connectivity index (χ1) is 18.1. The van der Waals surface area contributed by atoms with Crippen LogP contribution in [0, 0.1) is 23.3 Å². The molecule has 7 nitrogen and oxygen atoms in total. The van der Waals surface area contributed by atoms with Gasteiger partial charge in [0.1, 0.15) is 35.4 Å². The first-order valence-corrected chi connectivity index (χ1v) is 12.2. The highest BCUT2D eigenvalue weighted by atomic mass is 32.2. The molecule has 1 heterocycles. The minimum Gasteiger partial charge on any atom is -0.394 e. The van der Waals surface area contributed by atoms with Gasteiger partial charge in [-0.2, -0.15) is 0 Å². The second kappa shape index (κ2) is 11.3. The smallest absolute Gasteiger partial charge is 0.249 e. The second-order valence-corrected chi connectivity index (χ2v) is 9.66. The maximum atomic E-state index is 15.0. The molecule has 0 fully saturated rings. The largest absolute Gasteiger partial charge is 0.394 e. The number of benzene rings is 3. The number of nitrogens with two attached hydrogens (primary N) is 1. The molecule has 0 aromatic heterocycles. The van der Waals surface area contributed by atoms with Gasteiger partial charge in [-0.25, -0.2) is 17.6 Å². The highest BCUT2D eigenvalue weighted by Gasteiger charge is 2.45. The summed E-state index contributed by atoms with van der Waals surface area (Å²) in [5, 5.41) is 10.8. The molecule has 3 aromatic carbocycles. The monoisotopic (exact) mass is 547 g/mol. The molecule has 0 radical (unpaired) electrons. The van der Waals surface area contributed by atoms with Crippen molar-refractivity contribution in [1.82, 2.24) is 4.90 Å². The van der Waals surface area contributed by atoms with E-state index in [1.165, 1.54) is 0 Å². The van der Waals surface area contributed by atoms with Crippen LogP contribution in [-0.4, -0.2) is 46.4 Å². The predicted octanol–water partition coefficient (Wildman–Crippen LogP) is 3.31. The lowest BCUT2D eigenvalue weighted by molar-refractivity contribution is -0.152. The second-order valence-electron chi connectivity index (χ2n) is 8.48. The fourth-order valence-corrected chi connectivity index (χ4v) is 5.44. The van der Waals surface area contributed by atoms with Gasteiger partial charge in [-0.15, -0.1) is 11.8 Å². The number of hydrogen-bond donors (Lipinski definition) is 3. The zero-order chi connectivity index (χ0) is 27.6. The van der Waals surface area contributed by atoms with Crippen LogP contribution in [0.5, 0.6) is 0 Å². The molecule has 0 saturated carbocycles. The number of imide groups is 1. The number of rotatable bonds is 6. The zero-order valence-electron chi connectivity index (χ0n) is 19.5. The van der Waals surface area contributed by atoms with E-state index in [0.29, 0.717) is 21.5 Å². The highest BCUT2D eigenvalue weighted by molar-refractivity contribution is 7.99. The number of aliphatic hydroxyl groups is 1. The standard InChI is InChI=1S/C26H21F4N3O4S/c27-14-5-6-18(30)17(11-14)24-23(25(36)32-20-3-1-2-4-21(20)38-24)33(26(37)19(31)12-34)22(35)9-13-7-15(28)10-16(29)8-13/h1-8,10-11,19,23-24,34H,9,12,31H2,(H,32,36)/t19-,23+,24-/m1/s1. The number of anilines is 1. The fourth-order valence-electron chi connectivity index (χ4n) is 4.08. The fraction of sp³-hybridized carbons (Fsp3) is 0.192. The van der Waals surface area contributed by atoms with Gasteiger partial charge in [0.15, 0.2) is 0 Å². The van der Waals surface area contributed by atoms with Crippen molar-refractivity contribution in [1.29, 1.82) is 0 Å². The molecule has 0 unspecified atom stereocenters. The van der Waals surface area contributed by atoms with Crippen LogP contribution >= 0.6 is 11.8 Å². The molecule has 0 spiro atoms. The normalized spacial score (nSPS) is 17.7. The van der Waals surface area contributed by atoms with E-state index in [1.807, 2.05) is 0 Å². The zero-order valence-corrected chi connectivity index (χ0v) is 20.4. The lowest BCUT2D eigenvalue weighted by Gasteiger charge is -2.34. The van der Waals surface area contributed by atoms with Crippen LogP contribution in [0.2, 0.25) is 0 Å². The van der Waals surface area contributed by atoms with Crippen LogP contribution in [0.4, 0.5) is 23.2 Å². The Morgan fingerprint density at radius 3 is 2.37 bits per heavy atom. The van der Waals surface area contributed by atoms with Crippen LogP contribution in [0.25, 0.3) is 0 Å². The Kier molecular flexibility index (Phi) is 8.14. The van der Waals surface area contributed by atoms with E-state index in [-0.39, 0.29) is 11.1 Å². The van der Waals surface area contributed by atoms with Crippen molar-refractivity contribution in [3.05, 3.63) is 95.1 Å². The molecule has 3 amide bonds. The van der Waals surface area contributed by atoms with Crippen LogP contribution in [-0.2, 0) is 20.8 Å². The summed E-state index contributed by atoms with van der Waals surface area (Å²) >= 11 is 0.900. The Labute approximate surface area is 218 Å². The Morgan fingerprint density at radius 2 is 1.68 bits per heavy atom. The molecular formula is C26H21F4N3O4S. The van der Waals surface area contributed by atoms with Gasteiger partial charge in [0.2, 0.25) is 17.7 Å². The summed E-state index contributed by atoms with van der Waals surface area (Å²) in [6.07, 6.45) is -0.738. The summed E-state index contributed by atoms with van der Waals surface area (Å²) in [6.45, 7) is -0.905. The van der Waals surface area contributed by atoms with Crippen LogP contribution in [0.3, 0.4) is 0 Å². The van der Waals surface area contributed by atoms with Gasteiger partial charge in [-0.1, -0.05) is 12.1 Å². The summed E-state index contributed by atoms with van der Waals surface area (Å²) in [6, 6.07) is 7.86. The Balaban J connectivity index is 1.87. The molecule has 4 N–H and O–H groups in total. The molecule has 12 heteroatoms. The van der Waals surface area contributed by atoms with Gasteiger partial charge in [0, 0.05) is 16.5 Å². The predicted molar refractivity (Wildman–Crippen MR) is 131 cm³/mol. The molecule has 1 aliphatic heterocycles. The van der Waals surface area contributed by atoms with E-state index in [1.54, 1.807) is 24.3 Å². The van der Waals surface area contributed by atoms with E-state index in [9.17, 15) is 32.7 Å². The molecule has 3 aromatic rings. The molecule has 1 aliphatic rings. The van der Waals surface area contributed by atoms with Crippen molar-refractivity contribution in [2.24, 2.45) is 5.73 Å². The number of aliphatic hydroxyl groups excluding tert-OH is 1. The Hall–Kier alpha value is -3.74.